The van der Waals surface area contributed by atoms with Gasteiger partial charge in [0, 0.05) is 24.4 Å². The molecule has 0 spiro atoms. The van der Waals surface area contributed by atoms with Crippen molar-refractivity contribution < 1.29 is 0 Å². The van der Waals surface area contributed by atoms with Crippen LogP contribution in [-0.4, -0.2) is 0 Å². The second-order valence-electron chi connectivity index (χ2n) is 3.25. The summed E-state index contributed by atoms with van der Waals surface area (Å²) in [5.74, 6) is 0. The monoisotopic (exact) mass is 357 g/mol. The highest BCUT2D eigenvalue weighted by Crippen LogP contribution is 2.35. The van der Waals surface area contributed by atoms with Crippen LogP contribution in [0, 0.1) is 0 Å². The summed E-state index contributed by atoms with van der Waals surface area (Å²) >= 11 is 8.71. The first-order valence-corrected chi connectivity index (χ1v) is 7.04. The van der Waals surface area contributed by atoms with Crippen LogP contribution < -0.4 is 5.73 Å². The molecule has 0 unspecified atom stereocenters. The average molecular weight is 359 g/mol. The molecular formula is C12H9Br2NS. The standard InChI is InChI=1S/C12H9Br2NS/c13-8-1-6-11(14)12(7-8)16-10-4-2-9(15)3-5-10/h1-7H,15H2. The molecule has 2 aromatic rings. The summed E-state index contributed by atoms with van der Waals surface area (Å²) in [6.45, 7) is 0. The Morgan fingerprint density at radius 3 is 2.31 bits per heavy atom. The van der Waals surface area contributed by atoms with Gasteiger partial charge in [0.2, 0.25) is 0 Å². The number of nitrogen functional groups attached to an aromatic ring is 1. The lowest BCUT2D eigenvalue weighted by Gasteiger charge is -2.05. The lowest BCUT2D eigenvalue weighted by atomic mass is 10.3. The van der Waals surface area contributed by atoms with Crippen LogP contribution in [0.3, 0.4) is 0 Å². The van der Waals surface area contributed by atoms with Crippen molar-refractivity contribution in [3.8, 4) is 0 Å². The number of hydrogen-bond acceptors (Lipinski definition) is 2. The fourth-order valence-corrected chi connectivity index (χ4v) is 3.10. The Balaban J connectivity index is 2.26. The van der Waals surface area contributed by atoms with E-state index in [1.165, 1.54) is 9.79 Å². The molecule has 0 saturated carbocycles. The molecule has 1 nitrogen and oxygen atoms in total. The van der Waals surface area contributed by atoms with Gasteiger partial charge < -0.3 is 5.73 Å². The quantitative estimate of drug-likeness (QED) is 0.769. The summed E-state index contributed by atoms with van der Waals surface area (Å²) in [6, 6.07) is 14.0. The van der Waals surface area contributed by atoms with Crippen molar-refractivity contribution in [2.24, 2.45) is 0 Å². The van der Waals surface area contributed by atoms with E-state index in [2.05, 4.69) is 37.9 Å². The molecule has 0 heterocycles. The summed E-state index contributed by atoms with van der Waals surface area (Å²) in [6.07, 6.45) is 0. The van der Waals surface area contributed by atoms with Crippen molar-refractivity contribution in [3.63, 3.8) is 0 Å². The lowest BCUT2D eigenvalue weighted by molar-refractivity contribution is 1.36. The SMILES string of the molecule is Nc1ccc(Sc2cc(Br)ccc2Br)cc1. The zero-order chi connectivity index (χ0) is 11.5. The Kier molecular flexibility index (Phi) is 3.95. The molecular weight excluding hydrogens is 350 g/mol. The van der Waals surface area contributed by atoms with Crippen LogP contribution in [0.15, 0.2) is 61.2 Å². The predicted octanol–water partition coefficient (Wildman–Crippen LogP) is 4.95. The molecule has 16 heavy (non-hydrogen) atoms. The van der Waals surface area contributed by atoms with Crippen LogP contribution in [0.4, 0.5) is 5.69 Å². The number of hydrogen-bond donors (Lipinski definition) is 1. The van der Waals surface area contributed by atoms with Crippen molar-refractivity contribution in [1.29, 1.82) is 0 Å². The van der Waals surface area contributed by atoms with Gasteiger partial charge >= 0.3 is 0 Å². The van der Waals surface area contributed by atoms with Crippen LogP contribution in [-0.2, 0) is 0 Å². The van der Waals surface area contributed by atoms with Gasteiger partial charge in [-0.15, -0.1) is 0 Å². The van der Waals surface area contributed by atoms with Gasteiger partial charge in [-0.1, -0.05) is 27.7 Å². The molecule has 2 rings (SSSR count). The lowest BCUT2D eigenvalue weighted by Crippen LogP contribution is -1.83. The van der Waals surface area contributed by atoms with Gasteiger partial charge in [-0.2, -0.15) is 0 Å². The van der Waals surface area contributed by atoms with E-state index in [-0.39, 0.29) is 0 Å². The highest BCUT2D eigenvalue weighted by atomic mass is 79.9. The number of halogens is 2. The van der Waals surface area contributed by atoms with E-state index in [0.29, 0.717) is 0 Å². The molecule has 0 aliphatic carbocycles. The molecule has 0 radical (unpaired) electrons. The van der Waals surface area contributed by atoms with E-state index >= 15 is 0 Å². The van der Waals surface area contributed by atoms with Crippen LogP contribution in [0.1, 0.15) is 0 Å². The molecule has 0 atom stereocenters. The zero-order valence-corrected chi connectivity index (χ0v) is 12.3. The third-order valence-electron chi connectivity index (χ3n) is 2.00. The van der Waals surface area contributed by atoms with E-state index in [1.54, 1.807) is 11.8 Å². The van der Waals surface area contributed by atoms with Gasteiger partial charge in [-0.05, 0) is 58.4 Å². The van der Waals surface area contributed by atoms with Crippen LogP contribution in [0.5, 0.6) is 0 Å². The average Bonchev–Trinajstić information content (AvgIpc) is 2.27. The van der Waals surface area contributed by atoms with Crippen molar-refractivity contribution in [3.05, 3.63) is 51.4 Å². The molecule has 0 amide bonds. The molecule has 4 heteroatoms. The molecule has 0 bridgehead atoms. The van der Waals surface area contributed by atoms with Crippen molar-refractivity contribution in [2.45, 2.75) is 9.79 Å². The summed E-state index contributed by atoms with van der Waals surface area (Å²) in [5.41, 5.74) is 6.44. The van der Waals surface area contributed by atoms with Crippen molar-refractivity contribution in [2.75, 3.05) is 5.73 Å². The van der Waals surface area contributed by atoms with Gasteiger partial charge in [0.1, 0.15) is 0 Å². The maximum absolute atomic E-state index is 5.65. The molecule has 0 aromatic heterocycles. The highest BCUT2D eigenvalue weighted by Gasteiger charge is 2.03. The Hall–Kier alpha value is -0.450. The summed E-state index contributed by atoms with van der Waals surface area (Å²) < 4.78 is 2.17. The molecule has 0 aliphatic heterocycles. The molecule has 0 saturated heterocycles. The van der Waals surface area contributed by atoms with E-state index in [0.717, 1.165) is 14.6 Å². The van der Waals surface area contributed by atoms with E-state index in [4.69, 9.17) is 5.73 Å². The molecule has 82 valence electrons. The third-order valence-corrected chi connectivity index (χ3v) is 4.51. The first-order chi connectivity index (χ1) is 7.65. The maximum atomic E-state index is 5.65. The largest absolute Gasteiger partial charge is 0.399 e. The van der Waals surface area contributed by atoms with Crippen molar-refractivity contribution >= 4 is 49.3 Å². The van der Waals surface area contributed by atoms with Gasteiger partial charge in [0.05, 0.1) is 0 Å². The Labute approximate surface area is 116 Å². The number of anilines is 1. The van der Waals surface area contributed by atoms with Gasteiger partial charge in [0.15, 0.2) is 0 Å². The van der Waals surface area contributed by atoms with Crippen molar-refractivity contribution in [1.82, 2.24) is 0 Å². The predicted molar refractivity (Wildman–Crippen MR) is 76.8 cm³/mol. The number of nitrogens with two attached hydrogens (primary N) is 1. The Bertz CT molecular complexity index is 497. The van der Waals surface area contributed by atoms with Gasteiger partial charge in [-0.3, -0.25) is 0 Å². The van der Waals surface area contributed by atoms with Gasteiger partial charge in [0.25, 0.3) is 0 Å². The Morgan fingerprint density at radius 2 is 1.62 bits per heavy atom. The fourth-order valence-electron chi connectivity index (χ4n) is 1.22. The normalized spacial score (nSPS) is 10.4. The molecule has 2 aromatic carbocycles. The fraction of sp³-hybridized carbons (Fsp3) is 0. The third kappa shape index (κ3) is 3.03. The number of benzene rings is 2. The molecule has 2 N–H and O–H groups in total. The second kappa shape index (κ2) is 5.25. The minimum atomic E-state index is 0.789. The van der Waals surface area contributed by atoms with Crippen LogP contribution >= 0.6 is 43.6 Å². The van der Waals surface area contributed by atoms with Crippen LogP contribution in [0.25, 0.3) is 0 Å². The second-order valence-corrected chi connectivity index (χ2v) is 6.13. The first kappa shape index (κ1) is 12.0. The van der Waals surface area contributed by atoms with Gasteiger partial charge in [-0.25, -0.2) is 0 Å². The van der Waals surface area contributed by atoms with E-state index in [1.807, 2.05) is 36.4 Å². The zero-order valence-electron chi connectivity index (χ0n) is 8.28. The number of rotatable bonds is 2. The molecule has 0 aliphatic rings. The highest BCUT2D eigenvalue weighted by molar-refractivity contribution is 9.11. The topological polar surface area (TPSA) is 26.0 Å². The summed E-state index contributed by atoms with van der Waals surface area (Å²) in [5, 5.41) is 0. The molecule has 0 fully saturated rings. The van der Waals surface area contributed by atoms with E-state index in [9.17, 15) is 0 Å². The van der Waals surface area contributed by atoms with Crippen LogP contribution in [0.2, 0.25) is 0 Å². The first-order valence-electron chi connectivity index (χ1n) is 4.63. The minimum absolute atomic E-state index is 0.789. The summed E-state index contributed by atoms with van der Waals surface area (Å²) in [7, 11) is 0. The Morgan fingerprint density at radius 1 is 0.938 bits per heavy atom. The van der Waals surface area contributed by atoms with E-state index < -0.39 is 0 Å². The summed E-state index contributed by atoms with van der Waals surface area (Å²) in [4.78, 5) is 2.35. The smallest absolute Gasteiger partial charge is 0.0315 e. The maximum Gasteiger partial charge on any atom is 0.0315 e. The minimum Gasteiger partial charge on any atom is -0.399 e.